The number of rotatable bonds is 4. The molecule has 0 radical (unpaired) electrons. The third kappa shape index (κ3) is 4.64. The molecule has 3 rings (SSSR count). The number of aromatic nitrogens is 1. The topological polar surface area (TPSA) is 65.2 Å². The van der Waals surface area contributed by atoms with Gasteiger partial charge in [-0.3, -0.25) is 9.59 Å². The van der Waals surface area contributed by atoms with Crippen molar-refractivity contribution in [3.63, 3.8) is 0 Å². The van der Waals surface area contributed by atoms with Crippen LogP contribution in [0.3, 0.4) is 0 Å². The minimum Gasteiger partial charge on any atom is -0.362 e. The minimum atomic E-state index is -0.177. The molecule has 1 fully saturated rings. The molecule has 132 valence electrons. The van der Waals surface area contributed by atoms with Crippen LogP contribution in [-0.4, -0.2) is 34.8 Å². The van der Waals surface area contributed by atoms with E-state index >= 15 is 0 Å². The number of nitrogens with zero attached hydrogens (tertiary/aromatic N) is 1. The van der Waals surface area contributed by atoms with Gasteiger partial charge in [-0.1, -0.05) is 11.6 Å². The second kappa shape index (κ2) is 8.06. The fourth-order valence-corrected chi connectivity index (χ4v) is 3.51. The van der Waals surface area contributed by atoms with Crippen LogP contribution in [-0.2, 0) is 11.3 Å². The van der Waals surface area contributed by atoms with Gasteiger partial charge in [0.1, 0.15) is 0 Å². The standard InChI is InChI=1S/C18H19BrClN3O2/c19-14-8-16(21-9-14)10-22-17(24)13-2-1-7-23(11-13)18(25)12-3-5-15(20)6-4-12/h3-6,8-9,13,21H,1-2,7,10-11H2,(H,22,24). The average Bonchev–Trinajstić information content (AvgIpc) is 3.05. The number of aromatic amines is 1. The Labute approximate surface area is 159 Å². The Kier molecular flexibility index (Phi) is 5.81. The molecule has 1 aromatic carbocycles. The van der Waals surface area contributed by atoms with Gasteiger partial charge in [-0.25, -0.2) is 0 Å². The summed E-state index contributed by atoms with van der Waals surface area (Å²) < 4.78 is 0.953. The summed E-state index contributed by atoms with van der Waals surface area (Å²) in [5.74, 6) is -0.245. The number of amides is 2. The van der Waals surface area contributed by atoms with E-state index in [2.05, 4.69) is 26.2 Å². The van der Waals surface area contributed by atoms with Gasteiger partial charge < -0.3 is 15.2 Å². The Hall–Kier alpha value is -1.79. The first-order valence-corrected chi connectivity index (χ1v) is 9.35. The molecule has 0 aliphatic carbocycles. The van der Waals surface area contributed by atoms with Crippen molar-refractivity contribution in [2.24, 2.45) is 5.92 Å². The summed E-state index contributed by atoms with van der Waals surface area (Å²) in [7, 11) is 0. The van der Waals surface area contributed by atoms with Crippen LogP contribution < -0.4 is 5.32 Å². The van der Waals surface area contributed by atoms with E-state index in [9.17, 15) is 9.59 Å². The molecule has 2 N–H and O–H groups in total. The number of carbonyl (C=O) groups is 2. The van der Waals surface area contributed by atoms with E-state index < -0.39 is 0 Å². The molecule has 1 aliphatic heterocycles. The monoisotopic (exact) mass is 423 g/mol. The van der Waals surface area contributed by atoms with Gasteiger partial charge in [-0.2, -0.15) is 0 Å². The molecule has 2 aromatic rings. The Morgan fingerprint density at radius 2 is 2.08 bits per heavy atom. The summed E-state index contributed by atoms with van der Waals surface area (Å²) in [5.41, 5.74) is 1.53. The third-order valence-electron chi connectivity index (χ3n) is 4.33. The zero-order chi connectivity index (χ0) is 17.8. The molecule has 0 bridgehead atoms. The van der Waals surface area contributed by atoms with Gasteiger partial charge in [0.05, 0.1) is 12.5 Å². The first kappa shape index (κ1) is 18.0. The van der Waals surface area contributed by atoms with Crippen LogP contribution in [0.5, 0.6) is 0 Å². The molecule has 0 spiro atoms. The maximum atomic E-state index is 12.6. The Morgan fingerprint density at radius 3 is 2.76 bits per heavy atom. The second-order valence-electron chi connectivity index (χ2n) is 6.16. The van der Waals surface area contributed by atoms with Gasteiger partial charge in [0.15, 0.2) is 0 Å². The molecule has 0 saturated carbocycles. The van der Waals surface area contributed by atoms with Gasteiger partial charge in [-0.15, -0.1) is 0 Å². The van der Waals surface area contributed by atoms with Crippen molar-refractivity contribution in [2.75, 3.05) is 13.1 Å². The number of carbonyl (C=O) groups excluding carboxylic acids is 2. The van der Waals surface area contributed by atoms with Crippen molar-refractivity contribution in [1.82, 2.24) is 15.2 Å². The number of likely N-dealkylation sites (tertiary alicyclic amines) is 1. The lowest BCUT2D eigenvalue weighted by Crippen LogP contribution is -2.45. The van der Waals surface area contributed by atoms with E-state index in [0.29, 0.717) is 30.2 Å². The summed E-state index contributed by atoms with van der Waals surface area (Å²) in [6.45, 7) is 1.57. The van der Waals surface area contributed by atoms with Gasteiger partial charge in [0, 0.05) is 40.0 Å². The summed E-state index contributed by atoms with van der Waals surface area (Å²) in [6, 6.07) is 8.78. The quantitative estimate of drug-likeness (QED) is 0.787. The molecule has 25 heavy (non-hydrogen) atoms. The minimum absolute atomic E-state index is 0.0145. The zero-order valence-corrected chi connectivity index (χ0v) is 15.9. The molecule has 7 heteroatoms. The lowest BCUT2D eigenvalue weighted by Gasteiger charge is -2.32. The van der Waals surface area contributed by atoms with Crippen molar-refractivity contribution in [1.29, 1.82) is 0 Å². The van der Waals surface area contributed by atoms with Crippen molar-refractivity contribution < 1.29 is 9.59 Å². The summed E-state index contributed by atoms with van der Waals surface area (Å²) in [6.07, 6.45) is 3.45. The molecule has 2 heterocycles. The van der Waals surface area contributed by atoms with E-state index in [1.807, 2.05) is 12.3 Å². The van der Waals surface area contributed by atoms with E-state index in [1.54, 1.807) is 29.2 Å². The van der Waals surface area contributed by atoms with Crippen LogP contribution in [0.15, 0.2) is 41.0 Å². The van der Waals surface area contributed by atoms with Crippen LogP contribution in [0.4, 0.5) is 0 Å². The molecule has 1 aliphatic rings. The molecule has 2 amide bonds. The molecule has 1 aromatic heterocycles. The molecule has 1 saturated heterocycles. The Balaban J connectivity index is 1.57. The van der Waals surface area contributed by atoms with Crippen molar-refractivity contribution >= 4 is 39.3 Å². The van der Waals surface area contributed by atoms with Crippen LogP contribution in [0, 0.1) is 5.92 Å². The highest BCUT2D eigenvalue weighted by Gasteiger charge is 2.28. The number of piperidine rings is 1. The predicted molar refractivity (Wildman–Crippen MR) is 100 cm³/mol. The number of hydrogen-bond donors (Lipinski definition) is 2. The van der Waals surface area contributed by atoms with Crippen molar-refractivity contribution in [2.45, 2.75) is 19.4 Å². The predicted octanol–water partition coefficient (Wildman–Crippen LogP) is 3.60. The maximum Gasteiger partial charge on any atom is 0.253 e. The zero-order valence-electron chi connectivity index (χ0n) is 13.6. The van der Waals surface area contributed by atoms with Gasteiger partial charge in [0.25, 0.3) is 5.91 Å². The smallest absolute Gasteiger partial charge is 0.253 e. The molecular formula is C18H19BrClN3O2. The third-order valence-corrected chi connectivity index (χ3v) is 5.04. The van der Waals surface area contributed by atoms with Crippen LogP contribution in [0.25, 0.3) is 0 Å². The van der Waals surface area contributed by atoms with Crippen molar-refractivity contribution in [3.05, 3.63) is 57.3 Å². The fraction of sp³-hybridized carbons (Fsp3) is 0.333. The normalized spacial score (nSPS) is 17.4. The highest BCUT2D eigenvalue weighted by molar-refractivity contribution is 9.10. The first-order chi connectivity index (χ1) is 12.0. The van der Waals surface area contributed by atoms with Crippen LogP contribution in [0.1, 0.15) is 28.9 Å². The Bertz CT molecular complexity index is 760. The number of hydrogen-bond acceptors (Lipinski definition) is 2. The first-order valence-electron chi connectivity index (χ1n) is 8.18. The van der Waals surface area contributed by atoms with Crippen LogP contribution >= 0.6 is 27.5 Å². The number of nitrogens with one attached hydrogen (secondary N) is 2. The number of H-pyrrole nitrogens is 1. The Morgan fingerprint density at radius 1 is 1.32 bits per heavy atom. The van der Waals surface area contributed by atoms with Gasteiger partial charge >= 0.3 is 0 Å². The van der Waals surface area contributed by atoms with E-state index in [4.69, 9.17) is 11.6 Å². The van der Waals surface area contributed by atoms with E-state index in [-0.39, 0.29) is 17.7 Å². The fourth-order valence-electron chi connectivity index (χ4n) is 2.99. The largest absolute Gasteiger partial charge is 0.362 e. The average molecular weight is 425 g/mol. The van der Waals surface area contributed by atoms with Crippen LogP contribution in [0.2, 0.25) is 5.02 Å². The number of halogens is 2. The lowest BCUT2D eigenvalue weighted by atomic mass is 9.96. The van der Waals surface area contributed by atoms with E-state index in [1.165, 1.54) is 0 Å². The lowest BCUT2D eigenvalue weighted by molar-refractivity contribution is -0.126. The SMILES string of the molecule is O=C(NCc1cc(Br)c[nH]1)C1CCCN(C(=O)c2ccc(Cl)cc2)C1. The summed E-state index contributed by atoms with van der Waals surface area (Å²) >= 11 is 9.24. The van der Waals surface area contributed by atoms with Gasteiger partial charge in [-0.05, 0) is 59.1 Å². The molecular weight excluding hydrogens is 406 g/mol. The summed E-state index contributed by atoms with van der Waals surface area (Å²) in [4.78, 5) is 29.9. The molecule has 1 atom stereocenters. The maximum absolute atomic E-state index is 12.6. The molecule has 1 unspecified atom stereocenters. The second-order valence-corrected chi connectivity index (χ2v) is 7.51. The van der Waals surface area contributed by atoms with Crippen molar-refractivity contribution in [3.8, 4) is 0 Å². The highest BCUT2D eigenvalue weighted by atomic mass is 79.9. The highest BCUT2D eigenvalue weighted by Crippen LogP contribution is 2.20. The number of benzene rings is 1. The van der Waals surface area contributed by atoms with Gasteiger partial charge in [0.2, 0.25) is 5.91 Å². The summed E-state index contributed by atoms with van der Waals surface area (Å²) in [5, 5.41) is 3.54. The van der Waals surface area contributed by atoms with E-state index in [0.717, 1.165) is 23.0 Å². The molecule has 5 nitrogen and oxygen atoms in total.